The van der Waals surface area contributed by atoms with Crippen LogP contribution in [0.1, 0.15) is 27.2 Å². The van der Waals surface area contributed by atoms with Gasteiger partial charge in [-0.3, -0.25) is 4.90 Å². The van der Waals surface area contributed by atoms with Gasteiger partial charge in [0.05, 0.1) is 7.11 Å². The highest BCUT2D eigenvalue weighted by Crippen LogP contribution is 2.04. The number of rotatable bonds is 3. The van der Waals surface area contributed by atoms with E-state index in [2.05, 4.69) is 28.9 Å². The Balaban J connectivity index is 4.84. The van der Waals surface area contributed by atoms with Crippen LogP contribution in [0.3, 0.4) is 0 Å². The molecule has 0 heterocycles. The molecule has 0 fully saturated rings. The van der Waals surface area contributed by atoms with Crippen molar-refractivity contribution in [2.75, 3.05) is 28.3 Å². The van der Waals surface area contributed by atoms with Gasteiger partial charge in [-0.1, -0.05) is 13.8 Å². The van der Waals surface area contributed by atoms with Crippen LogP contribution >= 0.6 is 0 Å². The molecule has 0 aliphatic carbocycles. The van der Waals surface area contributed by atoms with Crippen LogP contribution in [0.5, 0.6) is 0 Å². The summed E-state index contributed by atoms with van der Waals surface area (Å²) in [6, 6.07) is -0.448. The van der Waals surface area contributed by atoms with E-state index < -0.39 is 12.1 Å². The Morgan fingerprint density at radius 1 is 1.20 bits per heavy atom. The summed E-state index contributed by atoms with van der Waals surface area (Å²) >= 11 is 0. The number of methoxy groups -OCH3 is 1. The van der Waals surface area contributed by atoms with Gasteiger partial charge in [-0.25, -0.2) is 9.59 Å². The molecule has 0 aliphatic heterocycles. The second-order valence-electron chi connectivity index (χ2n) is 5.32. The summed E-state index contributed by atoms with van der Waals surface area (Å²) in [7, 11) is 6.17. The average Bonchev–Trinajstić information content (AvgIpc) is 2.32. The maximum atomic E-state index is 11.9. The SMILES string of the molecule is COC(=O)N(C)/C(=N/C(=O)NC(C)CC(C)C)N(C)C. The van der Waals surface area contributed by atoms with Gasteiger partial charge in [-0.15, -0.1) is 0 Å². The van der Waals surface area contributed by atoms with E-state index in [1.807, 2.05) is 6.92 Å². The number of amides is 3. The Kier molecular flexibility index (Phi) is 7.64. The van der Waals surface area contributed by atoms with E-state index in [-0.39, 0.29) is 12.0 Å². The minimum absolute atomic E-state index is 0.0260. The van der Waals surface area contributed by atoms with Crippen LogP contribution in [0.2, 0.25) is 0 Å². The second-order valence-corrected chi connectivity index (χ2v) is 5.32. The second kappa shape index (κ2) is 8.39. The quantitative estimate of drug-likeness (QED) is 0.633. The van der Waals surface area contributed by atoms with Gasteiger partial charge in [0.2, 0.25) is 5.96 Å². The Hall–Kier alpha value is -1.79. The Morgan fingerprint density at radius 3 is 2.15 bits per heavy atom. The molecule has 1 N–H and O–H groups in total. The molecule has 1 atom stereocenters. The standard InChI is InChI=1S/C13H26N4O3/c1-9(2)8-10(3)14-11(18)15-12(16(4)5)17(6)13(19)20-7/h9-10H,8H2,1-7H3,(H,14,18)/b15-12+. The van der Waals surface area contributed by atoms with Gasteiger partial charge in [0.1, 0.15) is 0 Å². The molecule has 20 heavy (non-hydrogen) atoms. The molecule has 7 nitrogen and oxygen atoms in total. The zero-order valence-corrected chi connectivity index (χ0v) is 13.4. The average molecular weight is 286 g/mol. The van der Waals surface area contributed by atoms with Crippen molar-refractivity contribution in [2.45, 2.75) is 33.2 Å². The molecular formula is C13H26N4O3. The molecule has 0 saturated carbocycles. The molecule has 0 rings (SSSR count). The zero-order chi connectivity index (χ0) is 15.9. The number of nitrogens with zero attached hydrogens (tertiary/aromatic N) is 3. The minimum Gasteiger partial charge on any atom is -0.452 e. The third kappa shape index (κ3) is 6.40. The number of guanidine groups is 1. The van der Waals surface area contributed by atoms with E-state index in [0.29, 0.717) is 5.92 Å². The maximum absolute atomic E-state index is 11.9. The molecular weight excluding hydrogens is 260 g/mol. The Morgan fingerprint density at radius 2 is 1.75 bits per heavy atom. The van der Waals surface area contributed by atoms with Crippen molar-refractivity contribution in [1.82, 2.24) is 15.1 Å². The summed E-state index contributed by atoms with van der Waals surface area (Å²) < 4.78 is 4.61. The van der Waals surface area contributed by atoms with Crippen molar-refractivity contribution in [2.24, 2.45) is 10.9 Å². The monoisotopic (exact) mass is 286 g/mol. The largest absolute Gasteiger partial charge is 0.452 e. The summed E-state index contributed by atoms with van der Waals surface area (Å²) in [5.74, 6) is 0.700. The predicted octanol–water partition coefficient (Wildman–Crippen LogP) is 1.75. The van der Waals surface area contributed by atoms with E-state index in [9.17, 15) is 9.59 Å². The number of urea groups is 1. The lowest BCUT2D eigenvalue weighted by molar-refractivity contribution is 0.149. The molecule has 0 spiro atoms. The van der Waals surface area contributed by atoms with Crippen LogP contribution in [0, 0.1) is 5.92 Å². The molecule has 116 valence electrons. The molecule has 0 bridgehead atoms. The number of ether oxygens (including phenoxy) is 1. The van der Waals surface area contributed by atoms with Gasteiger partial charge in [0.25, 0.3) is 0 Å². The highest BCUT2D eigenvalue weighted by atomic mass is 16.5. The topological polar surface area (TPSA) is 74.2 Å². The van der Waals surface area contributed by atoms with E-state index in [0.717, 1.165) is 6.42 Å². The van der Waals surface area contributed by atoms with Crippen LogP contribution in [0.4, 0.5) is 9.59 Å². The fourth-order valence-electron chi connectivity index (χ4n) is 1.79. The lowest BCUT2D eigenvalue weighted by Crippen LogP contribution is -2.43. The van der Waals surface area contributed by atoms with Crippen molar-refractivity contribution >= 4 is 18.1 Å². The number of hydrogen-bond acceptors (Lipinski definition) is 3. The minimum atomic E-state index is -0.583. The van der Waals surface area contributed by atoms with Crippen LogP contribution in [-0.4, -0.2) is 62.2 Å². The molecule has 0 aromatic carbocycles. The van der Waals surface area contributed by atoms with E-state index in [1.165, 1.54) is 19.1 Å². The molecule has 0 aromatic rings. The van der Waals surface area contributed by atoms with Crippen LogP contribution < -0.4 is 5.32 Å². The highest BCUT2D eigenvalue weighted by molar-refractivity contribution is 5.99. The van der Waals surface area contributed by atoms with Crippen LogP contribution in [0.25, 0.3) is 0 Å². The molecule has 0 saturated heterocycles. The number of hydrogen-bond donors (Lipinski definition) is 1. The summed E-state index contributed by atoms with van der Waals surface area (Å²) in [5, 5.41) is 2.78. The number of nitrogens with one attached hydrogen (secondary N) is 1. The van der Waals surface area contributed by atoms with E-state index in [4.69, 9.17) is 0 Å². The van der Waals surface area contributed by atoms with Crippen molar-refractivity contribution in [3.63, 3.8) is 0 Å². The number of carbonyl (C=O) groups excluding carboxylic acids is 2. The molecule has 3 amide bonds. The molecule has 0 aliphatic rings. The molecule has 1 unspecified atom stereocenters. The van der Waals surface area contributed by atoms with Gasteiger partial charge in [0, 0.05) is 27.2 Å². The van der Waals surface area contributed by atoms with Crippen molar-refractivity contribution in [1.29, 1.82) is 0 Å². The highest BCUT2D eigenvalue weighted by Gasteiger charge is 2.19. The Labute approximate surface area is 121 Å². The lowest BCUT2D eigenvalue weighted by Gasteiger charge is -2.23. The van der Waals surface area contributed by atoms with Gasteiger partial charge in [0.15, 0.2) is 0 Å². The summed E-state index contributed by atoms with van der Waals surface area (Å²) in [5.41, 5.74) is 0. The van der Waals surface area contributed by atoms with Crippen LogP contribution in [0.15, 0.2) is 4.99 Å². The van der Waals surface area contributed by atoms with Crippen molar-refractivity contribution in [3.05, 3.63) is 0 Å². The number of aliphatic imine (C=N–C) groups is 1. The van der Waals surface area contributed by atoms with Gasteiger partial charge < -0.3 is 15.0 Å². The van der Waals surface area contributed by atoms with Crippen molar-refractivity contribution in [3.8, 4) is 0 Å². The maximum Gasteiger partial charge on any atom is 0.416 e. The van der Waals surface area contributed by atoms with Gasteiger partial charge in [-0.2, -0.15) is 4.99 Å². The fourth-order valence-corrected chi connectivity index (χ4v) is 1.79. The van der Waals surface area contributed by atoms with Crippen molar-refractivity contribution < 1.29 is 14.3 Å². The first-order chi connectivity index (χ1) is 9.18. The Bertz CT molecular complexity index is 367. The summed E-state index contributed by atoms with van der Waals surface area (Å²) in [4.78, 5) is 30.0. The molecule has 0 aromatic heterocycles. The summed E-state index contributed by atoms with van der Waals surface area (Å²) in [6.07, 6.45) is 0.284. The van der Waals surface area contributed by atoms with E-state index >= 15 is 0 Å². The van der Waals surface area contributed by atoms with Gasteiger partial charge >= 0.3 is 12.1 Å². The fraction of sp³-hybridized carbons (Fsp3) is 0.769. The molecule has 7 heteroatoms. The first kappa shape index (κ1) is 18.2. The molecule has 0 radical (unpaired) electrons. The van der Waals surface area contributed by atoms with E-state index in [1.54, 1.807) is 19.0 Å². The zero-order valence-electron chi connectivity index (χ0n) is 13.4. The summed E-state index contributed by atoms with van der Waals surface area (Å²) in [6.45, 7) is 6.09. The third-order valence-corrected chi connectivity index (χ3v) is 2.54. The predicted molar refractivity (Wildman–Crippen MR) is 78.7 cm³/mol. The first-order valence-corrected chi connectivity index (χ1v) is 6.57. The lowest BCUT2D eigenvalue weighted by atomic mass is 10.1. The smallest absolute Gasteiger partial charge is 0.416 e. The third-order valence-electron chi connectivity index (χ3n) is 2.54. The van der Waals surface area contributed by atoms with Gasteiger partial charge in [-0.05, 0) is 19.3 Å². The normalized spacial score (nSPS) is 12.9. The first-order valence-electron chi connectivity index (χ1n) is 6.57. The number of carbonyl (C=O) groups is 2. The van der Waals surface area contributed by atoms with Crippen LogP contribution in [-0.2, 0) is 4.74 Å².